The molecule has 0 aromatic heterocycles. The summed E-state index contributed by atoms with van der Waals surface area (Å²) in [6, 6.07) is 9.59. The lowest BCUT2D eigenvalue weighted by Crippen LogP contribution is -2.43. The van der Waals surface area contributed by atoms with Crippen LogP contribution in [0.15, 0.2) is 24.3 Å². The molecule has 0 bridgehead atoms. The van der Waals surface area contributed by atoms with Gasteiger partial charge in [0.05, 0.1) is 0 Å². The number of nitrogens with one attached hydrogen (secondary N) is 1. The number of aryl methyl sites for hydroxylation is 1. The molecule has 0 atom stereocenters. The van der Waals surface area contributed by atoms with Gasteiger partial charge in [0.2, 0.25) is 0 Å². The summed E-state index contributed by atoms with van der Waals surface area (Å²) < 4.78 is 0. The Hall–Kier alpha value is -0.860. The van der Waals surface area contributed by atoms with E-state index in [1.54, 1.807) is 0 Å². The molecule has 0 amide bonds. The van der Waals surface area contributed by atoms with Gasteiger partial charge in [0.15, 0.2) is 0 Å². The van der Waals surface area contributed by atoms with Crippen LogP contribution in [0.2, 0.25) is 0 Å². The van der Waals surface area contributed by atoms with Crippen molar-refractivity contribution >= 4 is 0 Å². The van der Waals surface area contributed by atoms with Gasteiger partial charge in [0.25, 0.3) is 0 Å². The third kappa shape index (κ3) is 4.96. The zero-order chi connectivity index (χ0) is 13.5. The van der Waals surface area contributed by atoms with Crippen molar-refractivity contribution in [2.75, 3.05) is 26.2 Å². The molecule has 2 rings (SSSR count). The third-order valence-corrected chi connectivity index (χ3v) is 4.06. The first-order valence-electron chi connectivity index (χ1n) is 7.79. The second-order valence-electron chi connectivity index (χ2n) is 5.81. The quantitative estimate of drug-likeness (QED) is 0.846. The number of rotatable bonds is 6. The predicted molar refractivity (Wildman–Crippen MR) is 82.6 cm³/mol. The summed E-state index contributed by atoms with van der Waals surface area (Å²) in [5.74, 6) is 0. The molecule has 106 valence electrons. The molecule has 19 heavy (non-hydrogen) atoms. The van der Waals surface area contributed by atoms with E-state index in [9.17, 15) is 0 Å². The van der Waals surface area contributed by atoms with Gasteiger partial charge in [-0.15, -0.1) is 0 Å². The Morgan fingerprint density at radius 3 is 2.74 bits per heavy atom. The Morgan fingerprint density at radius 1 is 1.26 bits per heavy atom. The standard InChI is InChI=1S/C17H28N2/c1-3-11-19-12-8-17(9-13-19)18-10-7-16-6-4-5-15(2)14-16/h4-6,14,17-18H,3,7-13H2,1-2H3. The van der Waals surface area contributed by atoms with E-state index in [2.05, 4.69) is 48.3 Å². The second-order valence-corrected chi connectivity index (χ2v) is 5.81. The van der Waals surface area contributed by atoms with Gasteiger partial charge in [-0.3, -0.25) is 0 Å². The van der Waals surface area contributed by atoms with Gasteiger partial charge < -0.3 is 10.2 Å². The Labute approximate surface area is 118 Å². The van der Waals surface area contributed by atoms with E-state index in [0.717, 1.165) is 19.0 Å². The minimum Gasteiger partial charge on any atom is -0.314 e. The van der Waals surface area contributed by atoms with Gasteiger partial charge in [0, 0.05) is 6.04 Å². The van der Waals surface area contributed by atoms with Crippen molar-refractivity contribution in [3.8, 4) is 0 Å². The first-order chi connectivity index (χ1) is 9.28. The highest BCUT2D eigenvalue weighted by Gasteiger charge is 2.17. The zero-order valence-electron chi connectivity index (χ0n) is 12.5. The van der Waals surface area contributed by atoms with E-state index in [-0.39, 0.29) is 0 Å². The van der Waals surface area contributed by atoms with Crippen molar-refractivity contribution in [1.82, 2.24) is 10.2 Å². The van der Waals surface area contributed by atoms with Gasteiger partial charge in [-0.25, -0.2) is 0 Å². The Morgan fingerprint density at radius 2 is 2.05 bits per heavy atom. The summed E-state index contributed by atoms with van der Waals surface area (Å²) in [6.07, 6.45) is 5.06. The van der Waals surface area contributed by atoms with Crippen LogP contribution in [0, 0.1) is 6.92 Å². The summed E-state index contributed by atoms with van der Waals surface area (Å²) in [6.45, 7) is 9.37. The summed E-state index contributed by atoms with van der Waals surface area (Å²) >= 11 is 0. The average Bonchev–Trinajstić information content (AvgIpc) is 2.41. The second kappa shape index (κ2) is 7.66. The number of benzene rings is 1. The SMILES string of the molecule is CCCN1CCC(NCCc2cccc(C)c2)CC1. The number of nitrogens with zero attached hydrogens (tertiary/aromatic N) is 1. The average molecular weight is 260 g/mol. The number of hydrogen-bond donors (Lipinski definition) is 1. The maximum atomic E-state index is 3.73. The topological polar surface area (TPSA) is 15.3 Å². The molecule has 0 aliphatic carbocycles. The summed E-state index contributed by atoms with van der Waals surface area (Å²) in [5, 5.41) is 3.73. The first-order valence-corrected chi connectivity index (χ1v) is 7.79. The van der Waals surface area contributed by atoms with E-state index in [4.69, 9.17) is 0 Å². The number of likely N-dealkylation sites (tertiary alicyclic amines) is 1. The van der Waals surface area contributed by atoms with E-state index in [1.807, 2.05) is 0 Å². The monoisotopic (exact) mass is 260 g/mol. The van der Waals surface area contributed by atoms with Crippen molar-refractivity contribution in [3.05, 3.63) is 35.4 Å². The molecule has 1 N–H and O–H groups in total. The minimum atomic E-state index is 0.734. The molecule has 0 saturated carbocycles. The van der Waals surface area contributed by atoms with E-state index < -0.39 is 0 Å². The fourth-order valence-corrected chi connectivity index (χ4v) is 2.97. The molecule has 1 aromatic rings. The summed E-state index contributed by atoms with van der Waals surface area (Å²) in [4.78, 5) is 2.60. The van der Waals surface area contributed by atoms with Gasteiger partial charge in [0.1, 0.15) is 0 Å². The van der Waals surface area contributed by atoms with Crippen LogP contribution in [-0.4, -0.2) is 37.1 Å². The largest absolute Gasteiger partial charge is 0.314 e. The van der Waals surface area contributed by atoms with Crippen LogP contribution in [-0.2, 0) is 6.42 Å². The van der Waals surface area contributed by atoms with Crippen LogP contribution in [0.25, 0.3) is 0 Å². The van der Waals surface area contributed by atoms with Crippen molar-refractivity contribution in [2.24, 2.45) is 0 Å². The van der Waals surface area contributed by atoms with Gasteiger partial charge in [-0.05, 0) is 64.3 Å². The number of piperidine rings is 1. The Balaban J connectivity index is 1.64. The van der Waals surface area contributed by atoms with Crippen LogP contribution in [0.3, 0.4) is 0 Å². The summed E-state index contributed by atoms with van der Waals surface area (Å²) in [7, 11) is 0. The Kier molecular flexibility index (Phi) is 5.87. The molecular formula is C17H28N2. The highest BCUT2D eigenvalue weighted by atomic mass is 15.1. The van der Waals surface area contributed by atoms with E-state index in [1.165, 1.54) is 50.0 Å². The molecule has 1 fully saturated rings. The lowest BCUT2D eigenvalue weighted by atomic mass is 10.0. The number of hydrogen-bond acceptors (Lipinski definition) is 2. The van der Waals surface area contributed by atoms with Crippen molar-refractivity contribution in [3.63, 3.8) is 0 Å². The Bertz CT molecular complexity index is 367. The fraction of sp³-hybridized carbons (Fsp3) is 0.647. The molecule has 0 radical (unpaired) electrons. The maximum absolute atomic E-state index is 3.73. The van der Waals surface area contributed by atoms with Crippen LogP contribution in [0.4, 0.5) is 0 Å². The molecule has 2 heteroatoms. The normalized spacial score (nSPS) is 17.8. The van der Waals surface area contributed by atoms with Crippen LogP contribution < -0.4 is 5.32 Å². The minimum absolute atomic E-state index is 0.734. The molecule has 2 nitrogen and oxygen atoms in total. The molecule has 1 saturated heterocycles. The van der Waals surface area contributed by atoms with E-state index in [0.29, 0.717) is 0 Å². The van der Waals surface area contributed by atoms with Crippen LogP contribution >= 0.6 is 0 Å². The first kappa shape index (κ1) is 14.5. The van der Waals surface area contributed by atoms with Gasteiger partial charge in [-0.2, -0.15) is 0 Å². The molecule has 1 heterocycles. The van der Waals surface area contributed by atoms with E-state index >= 15 is 0 Å². The molecule has 1 aromatic carbocycles. The summed E-state index contributed by atoms with van der Waals surface area (Å²) in [5.41, 5.74) is 2.82. The highest BCUT2D eigenvalue weighted by Crippen LogP contribution is 2.11. The zero-order valence-corrected chi connectivity index (χ0v) is 12.5. The van der Waals surface area contributed by atoms with Crippen molar-refractivity contribution < 1.29 is 0 Å². The molecule has 0 spiro atoms. The highest BCUT2D eigenvalue weighted by molar-refractivity contribution is 5.22. The molecule has 1 aliphatic heterocycles. The van der Waals surface area contributed by atoms with Crippen molar-refractivity contribution in [1.29, 1.82) is 0 Å². The van der Waals surface area contributed by atoms with Crippen molar-refractivity contribution in [2.45, 2.75) is 45.6 Å². The van der Waals surface area contributed by atoms with Crippen LogP contribution in [0.1, 0.15) is 37.3 Å². The third-order valence-electron chi connectivity index (χ3n) is 4.06. The smallest absolute Gasteiger partial charge is 0.00915 e. The lowest BCUT2D eigenvalue weighted by Gasteiger charge is -2.32. The fourth-order valence-electron chi connectivity index (χ4n) is 2.97. The predicted octanol–water partition coefficient (Wildman–Crippen LogP) is 3.00. The maximum Gasteiger partial charge on any atom is 0.00915 e. The van der Waals surface area contributed by atoms with Crippen LogP contribution in [0.5, 0.6) is 0 Å². The molecular weight excluding hydrogens is 232 g/mol. The van der Waals surface area contributed by atoms with Gasteiger partial charge >= 0.3 is 0 Å². The molecule has 1 aliphatic rings. The lowest BCUT2D eigenvalue weighted by molar-refractivity contribution is 0.198. The molecule has 0 unspecified atom stereocenters. The van der Waals surface area contributed by atoms with Gasteiger partial charge in [-0.1, -0.05) is 36.8 Å².